The molecule has 0 bridgehead atoms. The predicted molar refractivity (Wildman–Crippen MR) is 85.8 cm³/mol. The standard InChI is InChI=1S/C17H23N3O2/c1-17(8-9-18-12-17)16(22)19-14-6-4-13(5-7-14)15(21)20-10-2-3-11-20/h4-7,18H,2-3,8-12H2,1H3,(H,19,22). The molecule has 2 heterocycles. The van der Waals surface area contributed by atoms with Crippen molar-refractivity contribution in [2.24, 2.45) is 5.41 Å². The summed E-state index contributed by atoms with van der Waals surface area (Å²) < 4.78 is 0. The van der Waals surface area contributed by atoms with E-state index in [9.17, 15) is 9.59 Å². The summed E-state index contributed by atoms with van der Waals surface area (Å²) >= 11 is 0. The van der Waals surface area contributed by atoms with Crippen molar-refractivity contribution >= 4 is 17.5 Å². The van der Waals surface area contributed by atoms with Crippen molar-refractivity contribution in [3.8, 4) is 0 Å². The van der Waals surface area contributed by atoms with E-state index >= 15 is 0 Å². The monoisotopic (exact) mass is 301 g/mol. The lowest BCUT2D eigenvalue weighted by atomic mass is 9.89. The van der Waals surface area contributed by atoms with E-state index in [2.05, 4.69) is 10.6 Å². The van der Waals surface area contributed by atoms with E-state index in [-0.39, 0.29) is 17.2 Å². The van der Waals surface area contributed by atoms with Gasteiger partial charge in [-0.15, -0.1) is 0 Å². The van der Waals surface area contributed by atoms with Crippen LogP contribution in [0.5, 0.6) is 0 Å². The van der Waals surface area contributed by atoms with E-state index < -0.39 is 0 Å². The van der Waals surface area contributed by atoms with Crippen LogP contribution in [0.25, 0.3) is 0 Å². The zero-order valence-corrected chi connectivity index (χ0v) is 13.0. The summed E-state index contributed by atoms with van der Waals surface area (Å²) in [5, 5.41) is 6.18. The van der Waals surface area contributed by atoms with Crippen LogP contribution in [0.4, 0.5) is 5.69 Å². The Morgan fingerprint density at radius 3 is 2.45 bits per heavy atom. The van der Waals surface area contributed by atoms with Gasteiger partial charge in [0, 0.05) is 30.9 Å². The maximum Gasteiger partial charge on any atom is 0.253 e. The van der Waals surface area contributed by atoms with Crippen molar-refractivity contribution in [1.82, 2.24) is 10.2 Å². The third-order valence-electron chi connectivity index (χ3n) is 4.70. The Morgan fingerprint density at radius 1 is 1.18 bits per heavy atom. The Balaban J connectivity index is 1.64. The van der Waals surface area contributed by atoms with E-state index in [4.69, 9.17) is 0 Å². The number of nitrogens with zero attached hydrogens (tertiary/aromatic N) is 1. The molecule has 2 amide bonds. The molecule has 3 rings (SSSR count). The molecule has 2 aliphatic rings. The molecule has 0 radical (unpaired) electrons. The van der Waals surface area contributed by atoms with Gasteiger partial charge in [0.15, 0.2) is 0 Å². The van der Waals surface area contributed by atoms with Gasteiger partial charge in [-0.1, -0.05) is 0 Å². The number of anilines is 1. The molecule has 0 aliphatic carbocycles. The van der Waals surface area contributed by atoms with Gasteiger partial charge in [-0.25, -0.2) is 0 Å². The normalized spacial score (nSPS) is 24.5. The summed E-state index contributed by atoms with van der Waals surface area (Å²) in [6.45, 7) is 5.27. The quantitative estimate of drug-likeness (QED) is 0.896. The van der Waals surface area contributed by atoms with Crippen molar-refractivity contribution in [2.75, 3.05) is 31.5 Å². The molecule has 1 aromatic carbocycles. The molecular formula is C17H23N3O2. The topological polar surface area (TPSA) is 61.4 Å². The summed E-state index contributed by atoms with van der Waals surface area (Å²) in [6.07, 6.45) is 3.03. The molecule has 5 heteroatoms. The Labute approximate surface area is 131 Å². The predicted octanol–water partition coefficient (Wildman–Crippen LogP) is 1.86. The molecule has 0 saturated carbocycles. The maximum absolute atomic E-state index is 12.3. The second kappa shape index (κ2) is 6.08. The Morgan fingerprint density at radius 2 is 1.86 bits per heavy atom. The number of hydrogen-bond donors (Lipinski definition) is 2. The van der Waals surface area contributed by atoms with Crippen LogP contribution < -0.4 is 10.6 Å². The fraction of sp³-hybridized carbons (Fsp3) is 0.529. The molecule has 2 saturated heterocycles. The SMILES string of the molecule is CC1(C(=O)Nc2ccc(C(=O)N3CCCC3)cc2)CCNC1. The third kappa shape index (κ3) is 2.99. The lowest BCUT2D eigenvalue weighted by Crippen LogP contribution is -2.35. The molecule has 2 fully saturated rings. The first kappa shape index (κ1) is 15.0. The summed E-state index contributed by atoms with van der Waals surface area (Å²) in [5.41, 5.74) is 1.09. The highest BCUT2D eigenvalue weighted by atomic mass is 16.2. The average Bonchev–Trinajstić information content (AvgIpc) is 3.19. The molecule has 5 nitrogen and oxygen atoms in total. The van der Waals surface area contributed by atoms with Gasteiger partial charge >= 0.3 is 0 Å². The van der Waals surface area contributed by atoms with Gasteiger partial charge in [-0.05, 0) is 57.0 Å². The van der Waals surface area contributed by atoms with Crippen molar-refractivity contribution in [2.45, 2.75) is 26.2 Å². The molecule has 118 valence electrons. The molecule has 22 heavy (non-hydrogen) atoms. The molecule has 2 aliphatic heterocycles. The molecule has 1 atom stereocenters. The van der Waals surface area contributed by atoms with E-state index in [0.29, 0.717) is 12.1 Å². The number of carbonyl (C=O) groups excluding carboxylic acids is 2. The zero-order chi connectivity index (χ0) is 15.6. The van der Waals surface area contributed by atoms with Crippen molar-refractivity contribution < 1.29 is 9.59 Å². The van der Waals surface area contributed by atoms with E-state index in [1.807, 2.05) is 24.0 Å². The Hall–Kier alpha value is -1.88. The highest BCUT2D eigenvalue weighted by Crippen LogP contribution is 2.26. The first-order valence-electron chi connectivity index (χ1n) is 8.00. The number of carbonyl (C=O) groups is 2. The Kier molecular flexibility index (Phi) is 4.16. The largest absolute Gasteiger partial charge is 0.339 e. The van der Waals surface area contributed by atoms with Crippen LogP contribution in [-0.2, 0) is 4.79 Å². The summed E-state index contributed by atoms with van der Waals surface area (Å²) in [4.78, 5) is 26.5. The second-order valence-electron chi connectivity index (χ2n) is 6.52. The number of likely N-dealkylation sites (tertiary alicyclic amines) is 1. The molecule has 0 aromatic heterocycles. The smallest absolute Gasteiger partial charge is 0.253 e. The molecular weight excluding hydrogens is 278 g/mol. The maximum atomic E-state index is 12.3. The Bertz CT molecular complexity index is 556. The number of nitrogens with one attached hydrogen (secondary N) is 2. The highest BCUT2D eigenvalue weighted by molar-refractivity contribution is 5.97. The minimum absolute atomic E-state index is 0.0381. The van der Waals surface area contributed by atoms with Crippen LogP contribution in [0.2, 0.25) is 0 Å². The van der Waals surface area contributed by atoms with Crippen LogP contribution in [0.3, 0.4) is 0 Å². The first-order valence-corrected chi connectivity index (χ1v) is 8.00. The fourth-order valence-electron chi connectivity index (χ4n) is 3.09. The minimum Gasteiger partial charge on any atom is -0.339 e. The van der Waals surface area contributed by atoms with Crippen LogP contribution in [0.15, 0.2) is 24.3 Å². The number of rotatable bonds is 3. The van der Waals surface area contributed by atoms with Gasteiger partial charge < -0.3 is 15.5 Å². The van der Waals surface area contributed by atoms with Crippen LogP contribution >= 0.6 is 0 Å². The summed E-state index contributed by atoms with van der Waals surface area (Å²) in [5.74, 6) is 0.124. The van der Waals surface area contributed by atoms with Gasteiger partial charge in [0.2, 0.25) is 5.91 Å². The highest BCUT2D eigenvalue weighted by Gasteiger charge is 2.36. The van der Waals surface area contributed by atoms with Gasteiger partial charge in [-0.2, -0.15) is 0 Å². The van der Waals surface area contributed by atoms with Crippen LogP contribution in [0, 0.1) is 5.41 Å². The summed E-state index contributed by atoms with van der Waals surface area (Å²) in [7, 11) is 0. The van der Waals surface area contributed by atoms with Crippen LogP contribution in [0.1, 0.15) is 36.5 Å². The fourth-order valence-corrected chi connectivity index (χ4v) is 3.09. The van der Waals surface area contributed by atoms with E-state index in [0.717, 1.165) is 44.6 Å². The third-order valence-corrected chi connectivity index (χ3v) is 4.70. The van der Waals surface area contributed by atoms with Gasteiger partial charge in [-0.3, -0.25) is 9.59 Å². The van der Waals surface area contributed by atoms with Gasteiger partial charge in [0.1, 0.15) is 0 Å². The van der Waals surface area contributed by atoms with Gasteiger partial charge in [0.25, 0.3) is 5.91 Å². The zero-order valence-electron chi connectivity index (χ0n) is 13.0. The van der Waals surface area contributed by atoms with Crippen molar-refractivity contribution in [3.63, 3.8) is 0 Å². The number of benzene rings is 1. The lowest BCUT2D eigenvalue weighted by Gasteiger charge is -2.21. The molecule has 0 spiro atoms. The minimum atomic E-state index is -0.343. The summed E-state index contributed by atoms with van der Waals surface area (Å²) in [6, 6.07) is 7.22. The van der Waals surface area contributed by atoms with Crippen molar-refractivity contribution in [3.05, 3.63) is 29.8 Å². The number of hydrogen-bond acceptors (Lipinski definition) is 3. The molecule has 1 aromatic rings. The van der Waals surface area contributed by atoms with E-state index in [1.165, 1.54) is 0 Å². The second-order valence-corrected chi connectivity index (χ2v) is 6.52. The number of amides is 2. The average molecular weight is 301 g/mol. The van der Waals surface area contributed by atoms with E-state index in [1.54, 1.807) is 12.1 Å². The van der Waals surface area contributed by atoms with Crippen LogP contribution in [-0.4, -0.2) is 42.9 Å². The van der Waals surface area contributed by atoms with Crippen molar-refractivity contribution in [1.29, 1.82) is 0 Å². The molecule has 1 unspecified atom stereocenters. The first-order chi connectivity index (χ1) is 10.6. The lowest BCUT2D eigenvalue weighted by molar-refractivity contribution is -0.123. The van der Waals surface area contributed by atoms with Gasteiger partial charge in [0.05, 0.1) is 5.41 Å². The molecule has 2 N–H and O–H groups in total.